The van der Waals surface area contributed by atoms with Gasteiger partial charge in [-0.15, -0.1) is 0 Å². The van der Waals surface area contributed by atoms with Crippen LogP contribution in [0.2, 0.25) is 0 Å². The molecule has 5 heteroatoms. The normalized spacial score (nSPS) is 10.3. The first-order valence-electron chi connectivity index (χ1n) is 5.67. The molecule has 0 saturated carbocycles. The number of aryl methyl sites for hydroxylation is 1. The van der Waals surface area contributed by atoms with Crippen LogP contribution in [0.4, 0.5) is 21.5 Å². The molecule has 3 N–H and O–H groups in total. The lowest BCUT2D eigenvalue weighted by Crippen LogP contribution is -1.99. The number of rotatable bonds is 3. The number of anilines is 3. The third-order valence-corrected chi connectivity index (χ3v) is 3.40. The van der Waals surface area contributed by atoms with Gasteiger partial charge in [0.15, 0.2) is 0 Å². The van der Waals surface area contributed by atoms with Crippen molar-refractivity contribution >= 4 is 33.0 Å². The highest BCUT2D eigenvalue weighted by atomic mass is 79.9. The molecule has 0 aliphatic heterocycles. The molecule has 0 fully saturated rings. The number of nitrogens with two attached hydrogens (primary N) is 1. The molecule has 0 radical (unpaired) electrons. The van der Waals surface area contributed by atoms with Gasteiger partial charge >= 0.3 is 0 Å². The standard InChI is InChI=1S/C14H14BrFN2O/c1-8-5-9(19-2)3-4-13(8)18-14-6-10(15)11(16)7-12(14)17/h3-7,18H,17H2,1-2H3. The second-order valence-electron chi connectivity index (χ2n) is 4.16. The summed E-state index contributed by atoms with van der Waals surface area (Å²) in [6.45, 7) is 1.96. The Balaban J connectivity index is 2.33. The summed E-state index contributed by atoms with van der Waals surface area (Å²) < 4.78 is 18.8. The largest absolute Gasteiger partial charge is 0.497 e. The van der Waals surface area contributed by atoms with Crippen LogP contribution >= 0.6 is 15.9 Å². The number of hydrogen-bond donors (Lipinski definition) is 2. The van der Waals surface area contributed by atoms with Crippen molar-refractivity contribution in [2.24, 2.45) is 0 Å². The number of methoxy groups -OCH3 is 1. The molecule has 2 aromatic rings. The molecular formula is C14H14BrFN2O. The predicted molar refractivity (Wildman–Crippen MR) is 79.5 cm³/mol. The van der Waals surface area contributed by atoms with Gasteiger partial charge < -0.3 is 15.8 Å². The van der Waals surface area contributed by atoms with E-state index in [1.165, 1.54) is 6.07 Å². The minimum absolute atomic E-state index is 0.357. The Morgan fingerprint density at radius 2 is 1.95 bits per heavy atom. The molecular weight excluding hydrogens is 311 g/mol. The fourth-order valence-electron chi connectivity index (χ4n) is 1.72. The van der Waals surface area contributed by atoms with Crippen LogP contribution in [0.25, 0.3) is 0 Å². The van der Waals surface area contributed by atoms with Gasteiger partial charge in [-0.2, -0.15) is 0 Å². The van der Waals surface area contributed by atoms with Crippen molar-refractivity contribution in [1.82, 2.24) is 0 Å². The first-order valence-corrected chi connectivity index (χ1v) is 6.46. The lowest BCUT2D eigenvalue weighted by Gasteiger charge is -2.13. The molecule has 0 atom stereocenters. The van der Waals surface area contributed by atoms with Gasteiger partial charge in [-0.3, -0.25) is 0 Å². The lowest BCUT2D eigenvalue weighted by molar-refractivity contribution is 0.414. The number of nitrogen functional groups attached to an aromatic ring is 1. The predicted octanol–water partition coefficient (Wildman–Crippen LogP) is 4.23. The Bertz CT molecular complexity index is 617. The number of ether oxygens (including phenoxy) is 1. The fraction of sp³-hybridized carbons (Fsp3) is 0.143. The number of halogens is 2. The summed E-state index contributed by atoms with van der Waals surface area (Å²) in [6.07, 6.45) is 0. The van der Waals surface area contributed by atoms with Crippen molar-refractivity contribution in [3.8, 4) is 5.75 Å². The summed E-state index contributed by atoms with van der Waals surface area (Å²) in [5.41, 5.74) is 8.72. The average Bonchev–Trinajstić information content (AvgIpc) is 2.38. The molecule has 0 aromatic heterocycles. The molecule has 19 heavy (non-hydrogen) atoms. The highest BCUT2D eigenvalue weighted by Crippen LogP contribution is 2.31. The van der Waals surface area contributed by atoms with Crippen LogP contribution < -0.4 is 15.8 Å². The van der Waals surface area contributed by atoms with Gasteiger partial charge in [-0.25, -0.2) is 4.39 Å². The van der Waals surface area contributed by atoms with Crippen molar-refractivity contribution in [3.05, 3.63) is 46.2 Å². The molecule has 0 saturated heterocycles. The van der Waals surface area contributed by atoms with Gasteiger partial charge in [-0.05, 0) is 52.7 Å². The van der Waals surface area contributed by atoms with Crippen LogP contribution in [0.5, 0.6) is 5.75 Å². The highest BCUT2D eigenvalue weighted by Gasteiger charge is 2.08. The van der Waals surface area contributed by atoms with E-state index < -0.39 is 0 Å². The molecule has 0 heterocycles. The third kappa shape index (κ3) is 2.98. The average molecular weight is 325 g/mol. The Hall–Kier alpha value is -1.75. The Labute approximate surface area is 119 Å². The molecule has 0 unspecified atom stereocenters. The van der Waals surface area contributed by atoms with Crippen molar-refractivity contribution in [2.45, 2.75) is 6.92 Å². The molecule has 0 aliphatic rings. The molecule has 0 aliphatic carbocycles. The molecule has 2 rings (SSSR count). The smallest absolute Gasteiger partial charge is 0.139 e. The molecule has 100 valence electrons. The summed E-state index contributed by atoms with van der Waals surface area (Å²) in [7, 11) is 1.62. The van der Waals surface area contributed by atoms with E-state index in [-0.39, 0.29) is 5.82 Å². The van der Waals surface area contributed by atoms with E-state index in [0.717, 1.165) is 17.0 Å². The fourth-order valence-corrected chi connectivity index (χ4v) is 2.06. The van der Waals surface area contributed by atoms with Crippen molar-refractivity contribution in [3.63, 3.8) is 0 Å². The van der Waals surface area contributed by atoms with Crippen molar-refractivity contribution < 1.29 is 9.13 Å². The van der Waals surface area contributed by atoms with Gasteiger partial charge in [0.05, 0.1) is 23.0 Å². The molecule has 2 aromatic carbocycles. The molecule has 0 bridgehead atoms. The summed E-state index contributed by atoms with van der Waals surface area (Å²) in [5, 5.41) is 3.18. The van der Waals surface area contributed by atoms with E-state index in [4.69, 9.17) is 10.5 Å². The summed E-state index contributed by atoms with van der Waals surface area (Å²) >= 11 is 3.14. The Morgan fingerprint density at radius 1 is 1.21 bits per heavy atom. The molecule has 0 spiro atoms. The SMILES string of the molecule is COc1ccc(Nc2cc(Br)c(F)cc2N)c(C)c1. The first-order chi connectivity index (χ1) is 9.01. The van der Waals surface area contributed by atoms with Crippen LogP contribution in [-0.2, 0) is 0 Å². The maximum absolute atomic E-state index is 13.3. The zero-order valence-corrected chi connectivity index (χ0v) is 12.2. The summed E-state index contributed by atoms with van der Waals surface area (Å²) in [4.78, 5) is 0. The van der Waals surface area contributed by atoms with Gasteiger partial charge in [0.2, 0.25) is 0 Å². The number of hydrogen-bond acceptors (Lipinski definition) is 3. The monoisotopic (exact) mass is 324 g/mol. The van der Waals surface area contributed by atoms with E-state index in [1.807, 2.05) is 25.1 Å². The van der Waals surface area contributed by atoms with Crippen molar-refractivity contribution in [1.29, 1.82) is 0 Å². The van der Waals surface area contributed by atoms with Crippen LogP contribution in [0.15, 0.2) is 34.8 Å². The topological polar surface area (TPSA) is 47.3 Å². The van der Waals surface area contributed by atoms with Crippen LogP contribution in [0, 0.1) is 12.7 Å². The van der Waals surface area contributed by atoms with Crippen LogP contribution in [-0.4, -0.2) is 7.11 Å². The van der Waals surface area contributed by atoms with E-state index in [2.05, 4.69) is 21.2 Å². The van der Waals surface area contributed by atoms with E-state index >= 15 is 0 Å². The van der Waals surface area contributed by atoms with E-state index in [9.17, 15) is 4.39 Å². The third-order valence-electron chi connectivity index (χ3n) is 2.80. The number of nitrogens with one attached hydrogen (secondary N) is 1. The van der Waals surface area contributed by atoms with Gasteiger partial charge in [-0.1, -0.05) is 0 Å². The maximum atomic E-state index is 13.3. The number of benzene rings is 2. The van der Waals surface area contributed by atoms with Crippen LogP contribution in [0.1, 0.15) is 5.56 Å². The van der Waals surface area contributed by atoms with Crippen molar-refractivity contribution in [2.75, 3.05) is 18.2 Å². The summed E-state index contributed by atoms with van der Waals surface area (Å²) in [5.74, 6) is 0.408. The quantitative estimate of drug-likeness (QED) is 0.830. The maximum Gasteiger partial charge on any atom is 0.139 e. The zero-order valence-electron chi connectivity index (χ0n) is 10.6. The first kappa shape index (κ1) is 13.7. The second-order valence-corrected chi connectivity index (χ2v) is 5.01. The highest BCUT2D eigenvalue weighted by molar-refractivity contribution is 9.10. The van der Waals surface area contributed by atoms with E-state index in [0.29, 0.717) is 15.8 Å². The van der Waals surface area contributed by atoms with E-state index in [1.54, 1.807) is 13.2 Å². The zero-order chi connectivity index (χ0) is 14.0. The molecule has 0 amide bonds. The molecule has 3 nitrogen and oxygen atoms in total. The van der Waals surface area contributed by atoms with Gasteiger partial charge in [0, 0.05) is 11.8 Å². The van der Waals surface area contributed by atoms with Crippen LogP contribution in [0.3, 0.4) is 0 Å². The second kappa shape index (κ2) is 5.48. The minimum Gasteiger partial charge on any atom is -0.497 e. The van der Waals surface area contributed by atoms with Gasteiger partial charge in [0.1, 0.15) is 11.6 Å². The lowest BCUT2D eigenvalue weighted by atomic mass is 10.1. The summed E-state index contributed by atoms with van der Waals surface area (Å²) in [6, 6.07) is 8.56. The Morgan fingerprint density at radius 3 is 2.58 bits per heavy atom. The minimum atomic E-state index is -0.380. The Kier molecular flexibility index (Phi) is 3.95. The van der Waals surface area contributed by atoms with Gasteiger partial charge in [0.25, 0.3) is 0 Å².